The van der Waals surface area contributed by atoms with Gasteiger partial charge in [-0.1, -0.05) is 12.8 Å². The van der Waals surface area contributed by atoms with Crippen LogP contribution >= 0.6 is 0 Å². The lowest BCUT2D eigenvalue weighted by atomic mass is 10.0. The highest BCUT2D eigenvalue weighted by Crippen LogP contribution is 2.24. The lowest BCUT2D eigenvalue weighted by Gasteiger charge is -2.38. The molecular formula is C22H38N6. The number of aromatic nitrogens is 2. The molecule has 0 bridgehead atoms. The molecule has 28 heavy (non-hydrogen) atoms. The van der Waals surface area contributed by atoms with Crippen LogP contribution in [0.5, 0.6) is 0 Å². The molecule has 4 rings (SSSR count). The van der Waals surface area contributed by atoms with E-state index in [0.717, 1.165) is 37.4 Å². The Balaban J connectivity index is 1.29. The summed E-state index contributed by atoms with van der Waals surface area (Å²) in [6.45, 7) is 11.7. The van der Waals surface area contributed by atoms with Gasteiger partial charge in [0.15, 0.2) is 0 Å². The molecule has 0 radical (unpaired) electrons. The SMILES string of the molecule is CC(C)N1CCC(N2CCC(Nc3nccc(N4CCCCCC4)n3)C2)CC1. The van der Waals surface area contributed by atoms with Crippen molar-refractivity contribution < 1.29 is 0 Å². The summed E-state index contributed by atoms with van der Waals surface area (Å²) in [5.74, 6) is 1.90. The second-order valence-electron chi connectivity index (χ2n) is 9.13. The molecule has 156 valence electrons. The molecule has 0 amide bonds. The van der Waals surface area contributed by atoms with Gasteiger partial charge < -0.3 is 15.1 Å². The summed E-state index contributed by atoms with van der Waals surface area (Å²) in [7, 11) is 0. The van der Waals surface area contributed by atoms with E-state index in [-0.39, 0.29) is 0 Å². The smallest absolute Gasteiger partial charge is 0.224 e. The Labute approximate surface area is 170 Å². The van der Waals surface area contributed by atoms with Gasteiger partial charge in [-0.15, -0.1) is 0 Å². The van der Waals surface area contributed by atoms with Crippen molar-refractivity contribution >= 4 is 11.8 Å². The van der Waals surface area contributed by atoms with E-state index >= 15 is 0 Å². The third kappa shape index (κ3) is 4.95. The molecule has 0 aromatic carbocycles. The lowest BCUT2D eigenvalue weighted by molar-refractivity contribution is 0.106. The summed E-state index contributed by atoms with van der Waals surface area (Å²) < 4.78 is 0. The van der Waals surface area contributed by atoms with Crippen LogP contribution in [0, 0.1) is 0 Å². The van der Waals surface area contributed by atoms with Crippen molar-refractivity contribution in [1.29, 1.82) is 0 Å². The molecule has 3 aliphatic heterocycles. The Kier molecular flexibility index (Phi) is 6.68. The van der Waals surface area contributed by atoms with E-state index in [1.54, 1.807) is 0 Å². The van der Waals surface area contributed by atoms with Gasteiger partial charge in [0, 0.05) is 50.5 Å². The molecule has 1 atom stereocenters. The van der Waals surface area contributed by atoms with Gasteiger partial charge in [0.2, 0.25) is 5.95 Å². The average molecular weight is 387 g/mol. The molecule has 1 N–H and O–H groups in total. The van der Waals surface area contributed by atoms with E-state index in [2.05, 4.69) is 44.9 Å². The third-order valence-corrected chi connectivity index (χ3v) is 6.87. The predicted octanol–water partition coefficient (Wildman–Crippen LogP) is 3.22. The number of nitrogens with zero attached hydrogens (tertiary/aromatic N) is 5. The summed E-state index contributed by atoms with van der Waals surface area (Å²) in [6, 6.07) is 3.98. The molecule has 1 unspecified atom stereocenters. The standard InChI is InChI=1S/C22H38N6/c1-18(2)26-15-9-20(10-16-26)28-14-8-19(17-28)24-22-23-11-7-21(25-22)27-12-5-3-4-6-13-27/h7,11,18-20H,3-6,8-10,12-17H2,1-2H3,(H,23,24,25). The number of likely N-dealkylation sites (tertiary alicyclic amines) is 2. The van der Waals surface area contributed by atoms with Gasteiger partial charge in [-0.2, -0.15) is 4.98 Å². The zero-order valence-electron chi connectivity index (χ0n) is 17.8. The molecule has 0 spiro atoms. The number of nitrogens with one attached hydrogen (secondary N) is 1. The summed E-state index contributed by atoms with van der Waals surface area (Å²) >= 11 is 0. The lowest BCUT2D eigenvalue weighted by Crippen LogP contribution is -2.46. The number of piperidine rings is 1. The topological polar surface area (TPSA) is 47.5 Å². The molecule has 6 heteroatoms. The minimum atomic E-state index is 0.475. The van der Waals surface area contributed by atoms with Crippen LogP contribution in [0.3, 0.4) is 0 Å². The van der Waals surface area contributed by atoms with Crippen molar-refractivity contribution in [1.82, 2.24) is 19.8 Å². The maximum Gasteiger partial charge on any atom is 0.224 e. The fraction of sp³-hybridized carbons (Fsp3) is 0.818. The molecule has 3 saturated heterocycles. The second-order valence-corrected chi connectivity index (χ2v) is 9.13. The van der Waals surface area contributed by atoms with E-state index in [1.807, 2.05) is 6.20 Å². The summed E-state index contributed by atoms with van der Waals surface area (Å²) in [4.78, 5) is 17.1. The van der Waals surface area contributed by atoms with E-state index in [9.17, 15) is 0 Å². The van der Waals surface area contributed by atoms with Gasteiger partial charge >= 0.3 is 0 Å². The maximum absolute atomic E-state index is 4.85. The van der Waals surface area contributed by atoms with Crippen molar-refractivity contribution in [3.8, 4) is 0 Å². The quantitative estimate of drug-likeness (QED) is 0.838. The summed E-state index contributed by atoms with van der Waals surface area (Å²) in [6.07, 6.45) is 11.0. The normalized spacial score (nSPS) is 26.0. The minimum absolute atomic E-state index is 0.475. The van der Waals surface area contributed by atoms with Crippen LogP contribution in [-0.2, 0) is 0 Å². The fourth-order valence-electron chi connectivity index (χ4n) is 5.08. The third-order valence-electron chi connectivity index (χ3n) is 6.87. The molecule has 3 fully saturated rings. The highest BCUT2D eigenvalue weighted by atomic mass is 15.3. The van der Waals surface area contributed by atoms with Gasteiger partial charge in [0.1, 0.15) is 5.82 Å². The molecule has 6 nitrogen and oxygen atoms in total. The Morgan fingerprint density at radius 2 is 1.71 bits per heavy atom. The largest absolute Gasteiger partial charge is 0.356 e. The van der Waals surface area contributed by atoms with Crippen LogP contribution < -0.4 is 10.2 Å². The molecular weight excluding hydrogens is 348 g/mol. The highest BCUT2D eigenvalue weighted by molar-refractivity contribution is 5.43. The van der Waals surface area contributed by atoms with Crippen molar-refractivity contribution in [3.05, 3.63) is 12.3 Å². The van der Waals surface area contributed by atoms with Crippen LogP contribution in [0.2, 0.25) is 0 Å². The van der Waals surface area contributed by atoms with Crippen LogP contribution in [0.15, 0.2) is 12.3 Å². The first-order valence-electron chi connectivity index (χ1n) is 11.5. The number of anilines is 2. The monoisotopic (exact) mass is 386 g/mol. The van der Waals surface area contributed by atoms with Crippen LogP contribution in [0.25, 0.3) is 0 Å². The van der Waals surface area contributed by atoms with Crippen molar-refractivity contribution in [2.24, 2.45) is 0 Å². The number of hydrogen-bond donors (Lipinski definition) is 1. The van der Waals surface area contributed by atoms with Crippen LogP contribution in [0.4, 0.5) is 11.8 Å². The Morgan fingerprint density at radius 1 is 0.964 bits per heavy atom. The van der Waals surface area contributed by atoms with Gasteiger partial charge in [-0.3, -0.25) is 4.90 Å². The molecule has 3 aliphatic rings. The Bertz CT molecular complexity index is 605. The van der Waals surface area contributed by atoms with Crippen molar-refractivity contribution in [3.63, 3.8) is 0 Å². The van der Waals surface area contributed by atoms with Gasteiger partial charge in [-0.25, -0.2) is 4.98 Å². The first kappa shape index (κ1) is 19.9. The van der Waals surface area contributed by atoms with Gasteiger partial charge in [0.05, 0.1) is 0 Å². The summed E-state index contributed by atoms with van der Waals surface area (Å²) in [5, 5.41) is 3.63. The molecule has 1 aromatic heterocycles. The van der Waals surface area contributed by atoms with E-state index in [4.69, 9.17) is 4.98 Å². The van der Waals surface area contributed by atoms with Gasteiger partial charge in [0.25, 0.3) is 0 Å². The first-order chi connectivity index (χ1) is 13.7. The van der Waals surface area contributed by atoms with Crippen molar-refractivity contribution in [2.45, 2.75) is 76.9 Å². The summed E-state index contributed by atoms with van der Waals surface area (Å²) in [5.41, 5.74) is 0. The minimum Gasteiger partial charge on any atom is -0.356 e. The van der Waals surface area contributed by atoms with Crippen molar-refractivity contribution in [2.75, 3.05) is 49.5 Å². The average Bonchev–Trinajstić information content (AvgIpc) is 3.00. The Morgan fingerprint density at radius 3 is 2.43 bits per heavy atom. The molecule has 0 saturated carbocycles. The molecule has 4 heterocycles. The number of hydrogen-bond acceptors (Lipinski definition) is 6. The maximum atomic E-state index is 4.85. The van der Waals surface area contributed by atoms with E-state index in [0.29, 0.717) is 12.1 Å². The van der Waals surface area contributed by atoms with E-state index < -0.39 is 0 Å². The predicted molar refractivity (Wildman–Crippen MR) is 116 cm³/mol. The van der Waals surface area contributed by atoms with E-state index in [1.165, 1.54) is 64.6 Å². The fourth-order valence-corrected chi connectivity index (χ4v) is 5.08. The first-order valence-corrected chi connectivity index (χ1v) is 11.5. The Hall–Kier alpha value is -1.40. The molecule has 1 aromatic rings. The molecule has 0 aliphatic carbocycles. The van der Waals surface area contributed by atoms with Gasteiger partial charge in [-0.05, 0) is 65.1 Å². The zero-order valence-corrected chi connectivity index (χ0v) is 17.8. The highest BCUT2D eigenvalue weighted by Gasteiger charge is 2.31. The van der Waals surface area contributed by atoms with Crippen LogP contribution in [-0.4, -0.2) is 77.2 Å². The second kappa shape index (κ2) is 9.40. The van der Waals surface area contributed by atoms with Crippen LogP contribution in [0.1, 0.15) is 58.8 Å². The number of rotatable bonds is 5. The zero-order chi connectivity index (χ0) is 19.3.